The van der Waals surface area contributed by atoms with Crippen molar-refractivity contribution in [3.63, 3.8) is 0 Å². The van der Waals surface area contributed by atoms with Gasteiger partial charge in [-0.2, -0.15) is 5.10 Å². The van der Waals surface area contributed by atoms with Gasteiger partial charge < -0.3 is 10.4 Å². The van der Waals surface area contributed by atoms with Crippen molar-refractivity contribution in [3.8, 4) is 5.75 Å². The fourth-order valence-electron chi connectivity index (χ4n) is 3.00. The van der Waals surface area contributed by atoms with Crippen LogP contribution in [0.3, 0.4) is 0 Å². The predicted molar refractivity (Wildman–Crippen MR) is 95.9 cm³/mol. The maximum atomic E-state index is 13.9. The number of phenolic OH excluding ortho intramolecular Hbond substituents is 1. The largest absolute Gasteiger partial charge is 0.503 e. The summed E-state index contributed by atoms with van der Waals surface area (Å²) < 4.78 is 41.6. The molecule has 0 saturated heterocycles. The van der Waals surface area contributed by atoms with E-state index in [-0.39, 0.29) is 34.1 Å². The van der Waals surface area contributed by atoms with Crippen molar-refractivity contribution in [1.82, 2.24) is 14.6 Å². The van der Waals surface area contributed by atoms with E-state index in [9.17, 15) is 27.9 Å². The van der Waals surface area contributed by atoms with Crippen LogP contribution in [0, 0.1) is 5.82 Å². The third-order valence-corrected chi connectivity index (χ3v) is 4.70. The van der Waals surface area contributed by atoms with Crippen molar-refractivity contribution in [1.29, 1.82) is 0 Å². The summed E-state index contributed by atoms with van der Waals surface area (Å²) in [5, 5.41) is 16.0. The minimum atomic E-state index is -2.82. The number of aromatic hydroxyl groups is 1. The highest BCUT2D eigenvalue weighted by atomic mass is 19.3. The van der Waals surface area contributed by atoms with Gasteiger partial charge in [-0.3, -0.25) is 9.59 Å². The van der Waals surface area contributed by atoms with Crippen molar-refractivity contribution in [2.75, 3.05) is 5.32 Å². The zero-order valence-corrected chi connectivity index (χ0v) is 15.1. The van der Waals surface area contributed by atoms with Crippen molar-refractivity contribution in [3.05, 3.63) is 52.7 Å². The summed E-state index contributed by atoms with van der Waals surface area (Å²) in [4.78, 5) is 28.5. The highest BCUT2D eigenvalue weighted by Gasteiger charge is 2.29. The highest BCUT2D eigenvalue weighted by molar-refractivity contribution is 6.09. The minimum absolute atomic E-state index is 0.0513. The van der Waals surface area contributed by atoms with Crippen LogP contribution < -0.4 is 5.32 Å². The van der Waals surface area contributed by atoms with E-state index in [0.29, 0.717) is 5.69 Å². The Morgan fingerprint density at radius 2 is 2.00 bits per heavy atom. The molecule has 1 aromatic carbocycles. The molecule has 1 saturated carbocycles. The Morgan fingerprint density at radius 1 is 1.28 bits per heavy atom. The lowest BCUT2D eigenvalue weighted by atomic mass is 10.1. The second-order valence-electron chi connectivity index (χ2n) is 6.84. The molecule has 2 N–H and O–H groups in total. The lowest BCUT2D eigenvalue weighted by molar-refractivity contribution is 0.101. The molecule has 1 aliphatic rings. The van der Waals surface area contributed by atoms with Gasteiger partial charge in [-0.1, -0.05) is 0 Å². The van der Waals surface area contributed by atoms with Crippen LogP contribution >= 0.6 is 0 Å². The first-order valence-electron chi connectivity index (χ1n) is 8.77. The first-order chi connectivity index (χ1) is 13.8. The fraction of sp³-hybridized carbons (Fsp3) is 0.263. The Kier molecular flexibility index (Phi) is 4.48. The van der Waals surface area contributed by atoms with E-state index >= 15 is 0 Å². The van der Waals surface area contributed by atoms with Crippen LogP contribution in [0.15, 0.2) is 24.4 Å². The summed E-state index contributed by atoms with van der Waals surface area (Å²) in [6, 6.07) is 3.25. The smallest absolute Gasteiger partial charge is 0.280 e. The number of benzene rings is 1. The summed E-state index contributed by atoms with van der Waals surface area (Å²) in [6.45, 7) is 1.21. The molecule has 0 bridgehead atoms. The molecule has 4 rings (SSSR count). The van der Waals surface area contributed by atoms with Crippen molar-refractivity contribution in [2.24, 2.45) is 0 Å². The molecule has 0 unspecified atom stereocenters. The average Bonchev–Trinajstić information content (AvgIpc) is 3.43. The first kappa shape index (κ1) is 18.9. The Hall–Kier alpha value is -3.43. The predicted octanol–water partition coefficient (Wildman–Crippen LogP) is 3.84. The van der Waals surface area contributed by atoms with Gasteiger partial charge in [-0.25, -0.2) is 22.7 Å². The molecule has 10 heteroatoms. The number of nitrogens with one attached hydrogen (secondary N) is 1. The molecule has 1 amide bonds. The number of aromatic nitrogens is 3. The molecule has 3 aromatic rings. The number of carbonyl (C=O) groups is 2. The second kappa shape index (κ2) is 6.87. The molecule has 7 nitrogen and oxygen atoms in total. The minimum Gasteiger partial charge on any atom is -0.503 e. The summed E-state index contributed by atoms with van der Waals surface area (Å²) in [5.41, 5.74) is -0.498. The first-order valence-corrected chi connectivity index (χ1v) is 8.77. The summed E-state index contributed by atoms with van der Waals surface area (Å²) in [5.74, 6) is -3.17. The molecule has 0 aliphatic heterocycles. The van der Waals surface area contributed by atoms with Crippen LogP contribution in [0.1, 0.15) is 64.2 Å². The van der Waals surface area contributed by atoms with Crippen molar-refractivity contribution in [2.45, 2.75) is 32.1 Å². The molecule has 2 aromatic heterocycles. The molecular formula is C19H15F3N4O3. The van der Waals surface area contributed by atoms with Crippen LogP contribution in [0.25, 0.3) is 5.65 Å². The Labute approximate surface area is 162 Å². The van der Waals surface area contributed by atoms with E-state index in [1.54, 1.807) is 0 Å². The molecule has 0 radical (unpaired) electrons. The Bertz CT molecular complexity index is 1160. The van der Waals surface area contributed by atoms with Crippen molar-refractivity contribution < 1.29 is 27.9 Å². The van der Waals surface area contributed by atoms with E-state index in [2.05, 4.69) is 15.4 Å². The molecule has 1 aliphatic carbocycles. The Morgan fingerprint density at radius 3 is 2.62 bits per heavy atom. The third kappa shape index (κ3) is 3.41. The number of phenols is 1. The van der Waals surface area contributed by atoms with Crippen LogP contribution in [0.2, 0.25) is 0 Å². The van der Waals surface area contributed by atoms with Gasteiger partial charge in [0.2, 0.25) is 0 Å². The van der Waals surface area contributed by atoms with Gasteiger partial charge in [0.1, 0.15) is 11.3 Å². The van der Waals surface area contributed by atoms with Gasteiger partial charge in [0.25, 0.3) is 12.3 Å². The van der Waals surface area contributed by atoms with Gasteiger partial charge in [0.15, 0.2) is 23.0 Å². The number of rotatable bonds is 5. The highest BCUT2D eigenvalue weighted by Crippen LogP contribution is 2.40. The summed E-state index contributed by atoms with van der Waals surface area (Å²) in [7, 11) is 0. The number of fused-ring (bicyclic) bond motifs is 1. The molecule has 150 valence electrons. The van der Waals surface area contributed by atoms with Crippen molar-refractivity contribution >= 4 is 23.0 Å². The standard InChI is InChI=1S/C19H15F3N4O3/c1-8(27)10-4-12(20)16(28)14(5-10)25-19(29)11-7-23-26-15(17(21)22)6-13(9-2-3-9)24-18(11)26/h4-7,9,17,28H,2-3H2,1H3,(H,25,29). The fourth-order valence-corrected chi connectivity index (χ4v) is 3.00. The number of halogens is 3. The Balaban J connectivity index is 1.76. The zero-order valence-electron chi connectivity index (χ0n) is 15.1. The molecular weight excluding hydrogens is 389 g/mol. The van der Waals surface area contributed by atoms with Gasteiger partial charge in [0.05, 0.1) is 11.9 Å². The van der Waals surface area contributed by atoms with E-state index < -0.39 is 29.7 Å². The SMILES string of the molecule is CC(=O)c1cc(F)c(O)c(NC(=O)c2cnn3c(C(F)F)cc(C4CC4)nc23)c1. The maximum Gasteiger partial charge on any atom is 0.280 e. The number of alkyl halides is 2. The number of hydrogen-bond acceptors (Lipinski definition) is 5. The average molecular weight is 404 g/mol. The molecule has 0 atom stereocenters. The second-order valence-corrected chi connectivity index (χ2v) is 6.84. The lowest BCUT2D eigenvalue weighted by Crippen LogP contribution is -2.14. The van der Waals surface area contributed by atoms with Gasteiger partial charge in [-0.15, -0.1) is 0 Å². The van der Waals surface area contributed by atoms with Crippen LogP contribution in [0.4, 0.5) is 18.9 Å². The number of anilines is 1. The van der Waals surface area contributed by atoms with E-state index in [0.717, 1.165) is 35.7 Å². The molecule has 1 fully saturated rings. The summed E-state index contributed by atoms with van der Waals surface area (Å²) in [6.07, 6.45) is -0.0965. The maximum absolute atomic E-state index is 13.9. The van der Waals surface area contributed by atoms with Gasteiger partial charge >= 0.3 is 0 Å². The zero-order chi connectivity index (χ0) is 20.9. The third-order valence-electron chi connectivity index (χ3n) is 4.70. The normalized spacial score (nSPS) is 13.8. The number of ketones is 1. The number of nitrogens with zero attached hydrogens (tertiary/aromatic N) is 3. The number of carbonyl (C=O) groups excluding carboxylic acids is 2. The lowest BCUT2D eigenvalue weighted by Gasteiger charge is -2.10. The van der Waals surface area contributed by atoms with Gasteiger partial charge in [0, 0.05) is 17.2 Å². The van der Waals surface area contributed by atoms with E-state index in [4.69, 9.17) is 0 Å². The van der Waals surface area contributed by atoms with E-state index in [1.807, 2.05) is 0 Å². The van der Waals surface area contributed by atoms with Crippen LogP contribution in [0.5, 0.6) is 5.75 Å². The number of Topliss-reactive ketones (excluding diaryl/α,β-unsaturated/α-hetero) is 1. The van der Waals surface area contributed by atoms with Crippen LogP contribution in [-0.2, 0) is 0 Å². The topological polar surface area (TPSA) is 96.6 Å². The molecule has 2 heterocycles. The van der Waals surface area contributed by atoms with E-state index in [1.165, 1.54) is 13.0 Å². The molecule has 29 heavy (non-hydrogen) atoms. The number of amides is 1. The summed E-state index contributed by atoms with van der Waals surface area (Å²) >= 11 is 0. The van der Waals surface area contributed by atoms with Crippen LogP contribution in [-0.4, -0.2) is 31.4 Å². The molecule has 0 spiro atoms. The number of hydrogen-bond donors (Lipinski definition) is 2. The monoisotopic (exact) mass is 404 g/mol. The quantitative estimate of drug-likeness (QED) is 0.498. The van der Waals surface area contributed by atoms with Gasteiger partial charge in [-0.05, 0) is 38.0 Å².